The van der Waals surface area contributed by atoms with Gasteiger partial charge >= 0.3 is 0 Å². The number of carbonyl (C=O) groups excluding carboxylic acids is 1. The summed E-state index contributed by atoms with van der Waals surface area (Å²) in [7, 11) is 0. The fraction of sp³-hybridized carbons (Fsp3) is 0.857. The van der Waals surface area contributed by atoms with E-state index >= 15 is 0 Å². The molecular formula is C7H14N2O3. The van der Waals surface area contributed by atoms with Gasteiger partial charge < -0.3 is 15.9 Å². The third-order valence-electron chi connectivity index (χ3n) is 2.25. The van der Waals surface area contributed by atoms with E-state index in [2.05, 4.69) is 0 Å². The second kappa shape index (κ2) is 3.38. The summed E-state index contributed by atoms with van der Waals surface area (Å²) >= 11 is 0. The van der Waals surface area contributed by atoms with Crippen LogP contribution in [0, 0.1) is 0 Å². The summed E-state index contributed by atoms with van der Waals surface area (Å²) in [5.74, 6) is -0.434. The van der Waals surface area contributed by atoms with Gasteiger partial charge in [0.05, 0.1) is 18.2 Å². The van der Waals surface area contributed by atoms with Crippen LogP contribution in [0.15, 0.2) is 0 Å². The molecule has 1 heterocycles. The number of hydrogen-bond donors (Lipinski definition) is 3. The standard InChI is InChI=1S/C7H14N2O3/c1-4(7(8)12)9-2-5(10)6(11)3-9/h4-6,10-11H,2-3H2,1H3,(H2,8,12). The number of nitrogens with zero attached hydrogens (tertiary/aromatic N) is 1. The number of likely N-dealkylation sites (tertiary alicyclic amines) is 1. The van der Waals surface area contributed by atoms with E-state index in [0.29, 0.717) is 13.1 Å². The Morgan fingerprint density at radius 2 is 1.92 bits per heavy atom. The van der Waals surface area contributed by atoms with Crippen molar-refractivity contribution in [1.82, 2.24) is 4.90 Å². The SMILES string of the molecule is CC(C(N)=O)N1CC(O)C(O)C1. The minimum atomic E-state index is -0.758. The van der Waals surface area contributed by atoms with E-state index in [1.165, 1.54) is 0 Å². The van der Waals surface area contributed by atoms with Crippen LogP contribution in [0.4, 0.5) is 0 Å². The smallest absolute Gasteiger partial charge is 0.234 e. The number of hydrogen-bond acceptors (Lipinski definition) is 4. The van der Waals surface area contributed by atoms with Crippen LogP contribution in [0.2, 0.25) is 0 Å². The lowest BCUT2D eigenvalue weighted by Gasteiger charge is -2.19. The minimum absolute atomic E-state index is 0.311. The Morgan fingerprint density at radius 3 is 2.25 bits per heavy atom. The quantitative estimate of drug-likeness (QED) is 0.447. The molecule has 0 aromatic carbocycles. The molecular weight excluding hydrogens is 160 g/mol. The molecule has 0 saturated carbocycles. The van der Waals surface area contributed by atoms with Crippen LogP contribution in [-0.4, -0.2) is 52.4 Å². The summed E-state index contributed by atoms with van der Waals surface area (Å²) in [5.41, 5.74) is 5.06. The Morgan fingerprint density at radius 1 is 1.50 bits per heavy atom. The largest absolute Gasteiger partial charge is 0.389 e. The van der Waals surface area contributed by atoms with Crippen molar-refractivity contribution in [2.75, 3.05) is 13.1 Å². The van der Waals surface area contributed by atoms with Crippen molar-refractivity contribution in [3.8, 4) is 0 Å². The Hall–Kier alpha value is -0.650. The third kappa shape index (κ3) is 1.74. The first kappa shape index (κ1) is 9.44. The maximum Gasteiger partial charge on any atom is 0.234 e. The van der Waals surface area contributed by atoms with Crippen molar-refractivity contribution >= 4 is 5.91 Å². The number of carbonyl (C=O) groups is 1. The van der Waals surface area contributed by atoms with Crippen molar-refractivity contribution in [2.24, 2.45) is 5.73 Å². The normalized spacial score (nSPS) is 33.6. The number of aliphatic hydroxyl groups is 2. The zero-order valence-corrected chi connectivity index (χ0v) is 6.97. The average molecular weight is 174 g/mol. The molecule has 3 atom stereocenters. The zero-order valence-electron chi connectivity index (χ0n) is 6.97. The molecule has 3 unspecified atom stereocenters. The van der Waals surface area contributed by atoms with Gasteiger partial charge in [-0.3, -0.25) is 9.69 Å². The molecule has 1 fully saturated rings. The highest BCUT2D eigenvalue weighted by molar-refractivity contribution is 5.79. The summed E-state index contributed by atoms with van der Waals surface area (Å²) in [6, 6.07) is -0.420. The molecule has 12 heavy (non-hydrogen) atoms. The van der Waals surface area contributed by atoms with Crippen LogP contribution < -0.4 is 5.73 Å². The van der Waals surface area contributed by atoms with Crippen molar-refractivity contribution < 1.29 is 15.0 Å². The van der Waals surface area contributed by atoms with Crippen LogP contribution in [0.25, 0.3) is 0 Å². The zero-order chi connectivity index (χ0) is 9.30. The summed E-state index contributed by atoms with van der Waals surface area (Å²) in [4.78, 5) is 12.4. The molecule has 1 rings (SSSR count). The highest BCUT2D eigenvalue weighted by Crippen LogP contribution is 2.12. The molecule has 5 nitrogen and oxygen atoms in total. The molecule has 1 aliphatic heterocycles. The fourth-order valence-corrected chi connectivity index (χ4v) is 1.29. The lowest BCUT2D eigenvalue weighted by Crippen LogP contribution is -2.41. The predicted molar refractivity (Wildman–Crippen MR) is 42.2 cm³/mol. The van der Waals surface area contributed by atoms with Gasteiger partial charge in [-0.25, -0.2) is 0 Å². The summed E-state index contributed by atoms with van der Waals surface area (Å²) < 4.78 is 0. The van der Waals surface area contributed by atoms with E-state index in [-0.39, 0.29) is 0 Å². The molecule has 0 spiro atoms. The Labute approximate surface area is 70.8 Å². The van der Waals surface area contributed by atoms with Gasteiger partial charge in [-0.1, -0.05) is 0 Å². The number of primary amides is 1. The number of β-amino-alcohol motifs (C(OH)–C–C–N with tert-alkyl or cyclic N) is 2. The van der Waals surface area contributed by atoms with Crippen LogP contribution in [-0.2, 0) is 4.79 Å². The first-order valence-electron chi connectivity index (χ1n) is 3.92. The molecule has 4 N–H and O–H groups in total. The second-order valence-corrected chi connectivity index (χ2v) is 3.17. The lowest BCUT2D eigenvalue weighted by atomic mass is 10.3. The van der Waals surface area contributed by atoms with Gasteiger partial charge in [0.2, 0.25) is 5.91 Å². The van der Waals surface area contributed by atoms with Gasteiger partial charge in [-0.15, -0.1) is 0 Å². The van der Waals surface area contributed by atoms with Crippen LogP contribution in [0.1, 0.15) is 6.92 Å². The molecule has 0 aromatic rings. The van der Waals surface area contributed by atoms with Crippen molar-refractivity contribution in [3.05, 3.63) is 0 Å². The minimum Gasteiger partial charge on any atom is -0.389 e. The fourth-order valence-electron chi connectivity index (χ4n) is 1.29. The Kier molecular flexibility index (Phi) is 2.66. The van der Waals surface area contributed by atoms with Gasteiger partial charge in [0, 0.05) is 13.1 Å². The molecule has 0 aromatic heterocycles. The van der Waals surface area contributed by atoms with E-state index in [0.717, 1.165) is 0 Å². The van der Waals surface area contributed by atoms with Crippen molar-refractivity contribution in [2.45, 2.75) is 25.2 Å². The second-order valence-electron chi connectivity index (χ2n) is 3.17. The van der Waals surface area contributed by atoms with Crippen molar-refractivity contribution in [1.29, 1.82) is 0 Å². The maximum atomic E-state index is 10.7. The van der Waals surface area contributed by atoms with Gasteiger partial charge in [0.15, 0.2) is 0 Å². The van der Waals surface area contributed by atoms with Crippen LogP contribution in [0.3, 0.4) is 0 Å². The molecule has 0 radical (unpaired) electrons. The number of rotatable bonds is 2. The number of aliphatic hydroxyl groups excluding tert-OH is 2. The van der Waals surface area contributed by atoms with Gasteiger partial charge in [0.1, 0.15) is 0 Å². The molecule has 0 aliphatic carbocycles. The van der Waals surface area contributed by atoms with E-state index in [4.69, 9.17) is 15.9 Å². The third-order valence-corrected chi connectivity index (χ3v) is 2.25. The first-order chi connectivity index (χ1) is 5.52. The Balaban J connectivity index is 2.51. The molecule has 70 valence electrons. The van der Waals surface area contributed by atoms with E-state index in [1.54, 1.807) is 11.8 Å². The summed E-state index contributed by atoms with van der Waals surface area (Å²) in [6.45, 7) is 2.28. The number of amides is 1. The lowest BCUT2D eigenvalue weighted by molar-refractivity contribution is -0.122. The summed E-state index contributed by atoms with van der Waals surface area (Å²) in [6.07, 6.45) is -1.52. The monoisotopic (exact) mass is 174 g/mol. The highest BCUT2D eigenvalue weighted by Gasteiger charge is 2.33. The topological polar surface area (TPSA) is 86.8 Å². The van der Waals surface area contributed by atoms with Crippen LogP contribution in [0.5, 0.6) is 0 Å². The highest BCUT2D eigenvalue weighted by atomic mass is 16.3. The van der Waals surface area contributed by atoms with Gasteiger partial charge in [0.25, 0.3) is 0 Å². The molecule has 1 saturated heterocycles. The van der Waals surface area contributed by atoms with Crippen molar-refractivity contribution in [3.63, 3.8) is 0 Å². The maximum absolute atomic E-state index is 10.7. The van der Waals surface area contributed by atoms with Gasteiger partial charge in [-0.05, 0) is 6.92 Å². The van der Waals surface area contributed by atoms with E-state index in [1.807, 2.05) is 0 Å². The predicted octanol–water partition coefficient (Wildman–Crippen LogP) is -2.10. The first-order valence-corrected chi connectivity index (χ1v) is 3.92. The molecule has 1 aliphatic rings. The van der Waals surface area contributed by atoms with E-state index in [9.17, 15) is 4.79 Å². The Bertz CT molecular complexity index is 175. The van der Waals surface area contributed by atoms with Gasteiger partial charge in [-0.2, -0.15) is 0 Å². The average Bonchev–Trinajstić information content (AvgIpc) is 2.30. The molecule has 0 bridgehead atoms. The molecule has 5 heteroatoms. The van der Waals surface area contributed by atoms with Crippen LogP contribution >= 0.6 is 0 Å². The van der Waals surface area contributed by atoms with E-state index < -0.39 is 24.2 Å². The number of nitrogens with two attached hydrogens (primary N) is 1. The summed E-state index contributed by atoms with van der Waals surface area (Å²) in [5, 5.41) is 18.3. The molecule has 1 amide bonds.